The fourth-order valence-electron chi connectivity index (χ4n) is 5.67. The summed E-state index contributed by atoms with van der Waals surface area (Å²) >= 11 is 1.17. The molecule has 37 heavy (non-hydrogen) atoms. The second-order valence-electron chi connectivity index (χ2n) is 12.0. The van der Waals surface area contributed by atoms with Crippen LogP contribution in [0.4, 0.5) is 5.69 Å². The first-order chi connectivity index (χ1) is 17.5. The van der Waals surface area contributed by atoms with Gasteiger partial charge in [0.25, 0.3) is 0 Å². The molecule has 3 atom stereocenters. The number of amides is 1. The molecule has 2 heterocycles. The van der Waals surface area contributed by atoms with Crippen LogP contribution in [0.3, 0.4) is 0 Å². The van der Waals surface area contributed by atoms with Crippen LogP contribution in [-0.2, 0) is 14.3 Å². The number of hydrogen-bond acceptors (Lipinski definition) is 5. The van der Waals surface area contributed by atoms with Gasteiger partial charge in [0, 0.05) is 24.0 Å². The molecule has 0 spiro atoms. The molecule has 1 amide bonds. The number of thiophene rings is 1. The number of rotatable bonds is 6. The molecule has 2 aliphatic carbocycles. The van der Waals surface area contributed by atoms with E-state index in [2.05, 4.69) is 31.8 Å². The van der Waals surface area contributed by atoms with Crippen LogP contribution in [0, 0.1) is 29.1 Å². The molecule has 1 saturated heterocycles. The van der Waals surface area contributed by atoms with Crippen LogP contribution in [0.2, 0.25) is 0 Å². The summed E-state index contributed by atoms with van der Waals surface area (Å²) in [5.74, 6) is 5.47. The van der Waals surface area contributed by atoms with E-state index in [-0.39, 0.29) is 46.3 Å². The van der Waals surface area contributed by atoms with E-state index in [4.69, 9.17) is 9.47 Å². The van der Waals surface area contributed by atoms with Crippen LogP contribution in [0.1, 0.15) is 94.1 Å². The molecule has 1 aromatic heterocycles. The molecule has 1 saturated carbocycles. The van der Waals surface area contributed by atoms with Gasteiger partial charge in [0.1, 0.15) is 4.88 Å². The van der Waals surface area contributed by atoms with E-state index in [0.29, 0.717) is 23.6 Å². The van der Waals surface area contributed by atoms with Gasteiger partial charge in [-0.3, -0.25) is 4.79 Å². The van der Waals surface area contributed by atoms with Gasteiger partial charge >= 0.3 is 5.97 Å². The highest BCUT2D eigenvalue weighted by Crippen LogP contribution is 2.39. The number of carbonyl (C=O) groups excluding carboxylic acids is 1. The number of carbonyl (C=O) groups is 2. The van der Waals surface area contributed by atoms with Gasteiger partial charge in [0.2, 0.25) is 5.91 Å². The third kappa shape index (κ3) is 7.04. The third-order valence-corrected chi connectivity index (χ3v) is 8.64. The second-order valence-corrected chi connectivity index (χ2v) is 13.0. The highest BCUT2D eigenvalue weighted by molar-refractivity contribution is 7.15. The number of hydrogen-bond donors (Lipinski definition) is 1. The molecule has 1 aliphatic heterocycles. The van der Waals surface area contributed by atoms with Crippen LogP contribution in [0.5, 0.6) is 0 Å². The van der Waals surface area contributed by atoms with Gasteiger partial charge in [0.15, 0.2) is 0 Å². The van der Waals surface area contributed by atoms with Crippen molar-refractivity contribution in [1.82, 2.24) is 0 Å². The Morgan fingerprint density at radius 1 is 1.16 bits per heavy atom. The van der Waals surface area contributed by atoms with E-state index >= 15 is 0 Å². The first kappa shape index (κ1) is 27.9. The van der Waals surface area contributed by atoms with Crippen molar-refractivity contribution in [2.45, 2.75) is 97.8 Å². The lowest BCUT2D eigenvalue weighted by molar-refractivity contribution is -0.124. The molecule has 202 valence electrons. The molecule has 0 bridgehead atoms. The van der Waals surface area contributed by atoms with Crippen molar-refractivity contribution < 1.29 is 24.2 Å². The van der Waals surface area contributed by atoms with Crippen molar-refractivity contribution >= 4 is 28.9 Å². The molecule has 1 N–H and O–H groups in total. The number of aromatic carboxylic acids is 1. The van der Waals surface area contributed by atoms with Crippen LogP contribution in [0.15, 0.2) is 17.7 Å². The highest BCUT2D eigenvalue weighted by Gasteiger charge is 2.39. The van der Waals surface area contributed by atoms with Crippen molar-refractivity contribution in [1.29, 1.82) is 0 Å². The number of carboxylic acid groups (broad SMARTS) is 1. The zero-order valence-corrected chi connectivity index (χ0v) is 23.7. The number of carboxylic acids is 1. The molecular weight excluding hydrogens is 486 g/mol. The van der Waals surface area contributed by atoms with Crippen LogP contribution in [-0.4, -0.2) is 48.4 Å². The summed E-state index contributed by atoms with van der Waals surface area (Å²) < 4.78 is 11.7. The van der Waals surface area contributed by atoms with Gasteiger partial charge in [-0.1, -0.05) is 30.4 Å². The van der Waals surface area contributed by atoms with Crippen molar-refractivity contribution in [3.63, 3.8) is 0 Å². The number of ether oxygens (including phenoxy) is 2. The van der Waals surface area contributed by atoms with E-state index in [1.165, 1.54) is 16.9 Å². The fourth-order valence-corrected chi connectivity index (χ4v) is 6.51. The molecule has 3 aliphatic rings. The summed E-state index contributed by atoms with van der Waals surface area (Å²) in [5.41, 5.74) is 1.62. The average molecular weight is 528 g/mol. The maximum absolute atomic E-state index is 14.2. The minimum absolute atomic E-state index is 0.0421. The number of anilines is 1. The van der Waals surface area contributed by atoms with Gasteiger partial charge in [-0.05, 0) is 84.6 Å². The number of allylic oxidation sites excluding steroid dienone is 2. The van der Waals surface area contributed by atoms with Crippen molar-refractivity contribution in [3.8, 4) is 11.8 Å². The van der Waals surface area contributed by atoms with Crippen LogP contribution < -0.4 is 4.90 Å². The minimum Gasteiger partial charge on any atom is -0.477 e. The molecule has 0 aromatic carbocycles. The maximum atomic E-state index is 14.2. The Balaban J connectivity index is 1.63. The standard InChI is InChI=1S/C30H41NO5S/c1-19-6-11-25(20(2)16-19)28(32)31(21-7-9-22(10-8-21)36-23-13-15-35-18-23)26-17-24(12-14-30(3,4)5)37-27(26)29(33)34/h6,17,20-23,25H,7-11,13,15-16,18H2,1-5H3,(H,33,34)/t20-,21-,22-,23+,25-/m0/s1. The Bertz CT molecular complexity index is 1070. The predicted molar refractivity (Wildman–Crippen MR) is 147 cm³/mol. The van der Waals surface area contributed by atoms with Gasteiger partial charge in [-0.15, -0.1) is 11.3 Å². The summed E-state index contributed by atoms with van der Waals surface area (Å²) in [5, 5.41) is 10.1. The van der Waals surface area contributed by atoms with Gasteiger partial charge in [-0.25, -0.2) is 4.79 Å². The topological polar surface area (TPSA) is 76.1 Å². The minimum atomic E-state index is -1.01. The second kappa shape index (κ2) is 11.7. The zero-order valence-electron chi connectivity index (χ0n) is 22.8. The summed E-state index contributed by atoms with van der Waals surface area (Å²) in [7, 11) is 0. The fraction of sp³-hybridized carbons (Fsp3) is 0.667. The molecular formula is C30H41NO5S. The lowest BCUT2D eigenvalue weighted by Gasteiger charge is -2.40. The zero-order chi connectivity index (χ0) is 26.7. The van der Waals surface area contributed by atoms with E-state index in [9.17, 15) is 14.7 Å². The highest BCUT2D eigenvalue weighted by atomic mass is 32.1. The smallest absolute Gasteiger partial charge is 0.348 e. The summed E-state index contributed by atoms with van der Waals surface area (Å²) in [4.78, 5) is 29.3. The summed E-state index contributed by atoms with van der Waals surface area (Å²) in [6.45, 7) is 11.8. The average Bonchev–Trinajstić information content (AvgIpc) is 3.49. The Kier molecular flexibility index (Phi) is 8.83. The molecule has 0 unspecified atom stereocenters. The largest absolute Gasteiger partial charge is 0.477 e. The summed E-state index contributed by atoms with van der Waals surface area (Å²) in [6, 6.07) is 1.78. The first-order valence-electron chi connectivity index (χ1n) is 13.6. The van der Waals surface area contributed by atoms with Crippen LogP contribution in [0.25, 0.3) is 0 Å². The molecule has 1 aromatic rings. The van der Waals surface area contributed by atoms with E-state index in [1.807, 2.05) is 31.7 Å². The molecule has 6 nitrogen and oxygen atoms in total. The molecule has 2 fully saturated rings. The molecule has 4 rings (SSSR count). The monoisotopic (exact) mass is 527 g/mol. The van der Waals surface area contributed by atoms with E-state index < -0.39 is 5.97 Å². The van der Waals surface area contributed by atoms with Crippen LogP contribution >= 0.6 is 11.3 Å². The Hall–Kier alpha value is -2.14. The predicted octanol–water partition coefficient (Wildman–Crippen LogP) is 6.29. The molecule has 7 heteroatoms. The first-order valence-corrected chi connectivity index (χ1v) is 14.5. The normalized spacial score (nSPS) is 28.2. The van der Waals surface area contributed by atoms with E-state index in [0.717, 1.165) is 45.1 Å². The Labute approximate surface area is 225 Å². The Morgan fingerprint density at radius 2 is 1.89 bits per heavy atom. The third-order valence-electron chi connectivity index (χ3n) is 7.61. The summed E-state index contributed by atoms with van der Waals surface area (Å²) in [6.07, 6.45) is 8.31. The lowest BCUT2D eigenvalue weighted by Crippen LogP contribution is -2.48. The lowest BCUT2D eigenvalue weighted by atomic mass is 9.79. The van der Waals surface area contributed by atoms with Gasteiger partial charge in [0.05, 0.1) is 29.4 Å². The van der Waals surface area contributed by atoms with Crippen molar-refractivity contribution in [2.75, 3.05) is 18.1 Å². The van der Waals surface area contributed by atoms with Crippen molar-refractivity contribution in [2.24, 2.45) is 17.3 Å². The number of nitrogens with zero attached hydrogens (tertiary/aromatic N) is 1. The maximum Gasteiger partial charge on any atom is 0.348 e. The Morgan fingerprint density at radius 3 is 2.49 bits per heavy atom. The van der Waals surface area contributed by atoms with E-state index in [1.54, 1.807) is 0 Å². The van der Waals surface area contributed by atoms with Gasteiger partial charge < -0.3 is 19.5 Å². The quantitative estimate of drug-likeness (QED) is 0.348. The van der Waals surface area contributed by atoms with Crippen molar-refractivity contribution in [3.05, 3.63) is 27.5 Å². The molecule has 0 radical (unpaired) electrons. The SMILES string of the molecule is CC1=CC[C@H](C(=O)N(c2cc(C#CC(C)(C)C)sc2C(=O)O)[C@H]2CC[C@H](O[C@@H]3CCOC3)CC2)[C@@H](C)C1. The van der Waals surface area contributed by atoms with Gasteiger partial charge in [-0.2, -0.15) is 0 Å².